The Morgan fingerprint density at radius 1 is 1.32 bits per heavy atom. The number of hydrogen-bond acceptors (Lipinski definition) is 3. The highest BCUT2D eigenvalue weighted by Crippen LogP contribution is 2.23. The summed E-state index contributed by atoms with van der Waals surface area (Å²) >= 11 is 1.64. The molecule has 1 amide bonds. The number of carbonyl (C=O) groups is 1. The Morgan fingerprint density at radius 3 is 2.82 bits per heavy atom. The summed E-state index contributed by atoms with van der Waals surface area (Å²) in [5.41, 5.74) is 2.34. The molecule has 3 nitrogen and oxygen atoms in total. The zero-order chi connectivity index (χ0) is 15.9. The molecular weight excluding hydrogens is 294 g/mol. The monoisotopic (exact) mass is 313 g/mol. The Morgan fingerprint density at radius 2 is 2.14 bits per heavy atom. The van der Waals surface area contributed by atoms with Gasteiger partial charge in [0.25, 0.3) is 5.91 Å². The first-order valence-corrected chi connectivity index (χ1v) is 8.13. The lowest BCUT2D eigenvalue weighted by Gasteiger charge is -2.10. The van der Waals surface area contributed by atoms with Gasteiger partial charge < -0.3 is 10.1 Å². The zero-order valence-electron chi connectivity index (χ0n) is 12.8. The molecule has 0 bridgehead atoms. The van der Waals surface area contributed by atoms with Crippen LogP contribution in [0.25, 0.3) is 0 Å². The van der Waals surface area contributed by atoms with Crippen molar-refractivity contribution >= 4 is 23.4 Å². The van der Waals surface area contributed by atoms with Crippen LogP contribution in [0.1, 0.15) is 15.9 Å². The van der Waals surface area contributed by atoms with Crippen LogP contribution in [0.5, 0.6) is 5.75 Å². The smallest absolute Gasteiger partial charge is 0.255 e. The number of amides is 1. The summed E-state index contributed by atoms with van der Waals surface area (Å²) in [6.07, 6.45) is 4.46. The van der Waals surface area contributed by atoms with E-state index >= 15 is 0 Å². The predicted molar refractivity (Wildman–Crippen MR) is 93.1 cm³/mol. The van der Waals surface area contributed by atoms with Gasteiger partial charge in [-0.05, 0) is 54.6 Å². The third-order valence-electron chi connectivity index (χ3n) is 3.23. The van der Waals surface area contributed by atoms with Crippen molar-refractivity contribution in [2.75, 3.05) is 18.7 Å². The van der Waals surface area contributed by atoms with Gasteiger partial charge in [-0.1, -0.05) is 12.1 Å². The summed E-state index contributed by atoms with van der Waals surface area (Å²) < 4.78 is 5.30. The molecule has 0 aliphatic carbocycles. The molecule has 0 aliphatic heterocycles. The Bertz CT molecular complexity index is 683. The maximum absolute atomic E-state index is 12.4. The van der Waals surface area contributed by atoms with Gasteiger partial charge in [0.2, 0.25) is 0 Å². The Labute approximate surface area is 135 Å². The third-order valence-corrected chi connectivity index (χ3v) is 3.96. The second kappa shape index (κ2) is 7.71. The lowest BCUT2D eigenvalue weighted by molar-refractivity contribution is 0.102. The number of anilines is 1. The van der Waals surface area contributed by atoms with E-state index in [1.54, 1.807) is 31.0 Å². The normalized spacial score (nSPS) is 10.1. The van der Waals surface area contributed by atoms with Crippen molar-refractivity contribution in [2.45, 2.75) is 11.3 Å². The van der Waals surface area contributed by atoms with Gasteiger partial charge >= 0.3 is 0 Å². The molecule has 0 unspecified atom stereocenters. The predicted octanol–water partition coefficient (Wildman–Crippen LogP) is 4.40. The second-order valence-corrected chi connectivity index (χ2v) is 5.59. The minimum Gasteiger partial charge on any atom is -0.496 e. The van der Waals surface area contributed by atoms with Crippen molar-refractivity contribution in [1.82, 2.24) is 0 Å². The fourth-order valence-corrected chi connectivity index (χ4v) is 2.60. The van der Waals surface area contributed by atoms with E-state index in [0.717, 1.165) is 21.9 Å². The topological polar surface area (TPSA) is 38.3 Å². The molecule has 0 saturated heterocycles. The summed E-state index contributed by atoms with van der Waals surface area (Å²) in [4.78, 5) is 13.5. The number of carbonyl (C=O) groups excluding carboxylic acids is 1. The summed E-state index contributed by atoms with van der Waals surface area (Å²) in [5, 5.41) is 2.92. The lowest BCUT2D eigenvalue weighted by Crippen LogP contribution is -2.12. The molecule has 0 atom stereocenters. The quantitative estimate of drug-likeness (QED) is 0.634. The number of ether oxygens (including phenoxy) is 1. The summed E-state index contributed by atoms with van der Waals surface area (Å²) in [6.45, 7) is 3.73. The van der Waals surface area contributed by atoms with E-state index in [9.17, 15) is 4.79 Å². The van der Waals surface area contributed by atoms with Crippen molar-refractivity contribution in [2.24, 2.45) is 0 Å². The van der Waals surface area contributed by atoms with Crippen molar-refractivity contribution in [3.8, 4) is 5.75 Å². The Balaban J connectivity index is 2.21. The van der Waals surface area contributed by atoms with Gasteiger partial charge in [0, 0.05) is 16.1 Å². The van der Waals surface area contributed by atoms with Crippen molar-refractivity contribution in [3.05, 3.63) is 66.2 Å². The molecular formula is C18H19NO2S. The van der Waals surface area contributed by atoms with Gasteiger partial charge in [-0.2, -0.15) is 0 Å². The van der Waals surface area contributed by atoms with Crippen LogP contribution in [0.15, 0.2) is 60.0 Å². The van der Waals surface area contributed by atoms with E-state index in [0.29, 0.717) is 12.0 Å². The van der Waals surface area contributed by atoms with Gasteiger partial charge in [0.05, 0.1) is 7.11 Å². The molecule has 0 heterocycles. The summed E-state index contributed by atoms with van der Waals surface area (Å²) in [6, 6.07) is 13.2. The van der Waals surface area contributed by atoms with Gasteiger partial charge in [-0.25, -0.2) is 0 Å². The highest BCUT2D eigenvalue weighted by molar-refractivity contribution is 7.98. The molecule has 2 aromatic rings. The van der Waals surface area contributed by atoms with Crippen LogP contribution in [0.4, 0.5) is 5.69 Å². The third kappa shape index (κ3) is 3.92. The Kier molecular flexibility index (Phi) is 5.67. The van der Waals surface area contributed by atoms with E-state index < -0.39 is 0 Å². The fraction of sp³-hybridized carbons (Fsp3) is 0.167. The molecule has 0 radical (unpaired) electrons. The molecule has 0 aromatic heterocycles. The highest BCUT2D eigenvalue weighted by Gasteiger charge is 2.10. The van der Waals surface area contributed by atoms with Crippen LogP contribution in [-0.2, 0) is 6.42 Å². The lowest BCUT2D eigenvalue weighted by atomic mass is 10.1. The minimum absolute atomic E-state index is 0.133. The zero-order valence-corrected chi connectivity index (χ0v) is 13.6. The molecule has 22 heavy (non-hydrogen) atoms. The van der Waals surface area contributed by atoms with Crippen LogP contribution >= 0.6 is 11.8 Å². The number of methoxy groups -OCH3 is 1. The first-order valence-electron chi connectivity index (χ1n) is 6.91. The molecule has 4 heteroatoms. The number of thioether (sulfide) groups is 1. The molecule has 2 rings (SSSR count). The minimum atomic E-state index is -0.133. The van der Waals surface area contributed by atoms with Crippen LogP contribution in [0.3, 0.4) is 0 Å². The Hall–Kier alpha value is -2.20. The number of rotatable bonds is 6. The molecule has 114 valence electrons. The second-order valence-electron chi connectivity index (χ2n) is 4.71. The molecule has 0 spiro atoms. The summed E-state index contributed by atoms with van der Waals surface area (Å²) in [5.74, 6) is 0.632. The largest absolute Gasteiger partial charge is 0.496 e. The van der Waals surface area contributed by atoms with E-state index in [2.05, 4.69) is 11.9 Å². The number of hydrogen-bond donors (Lipinski definition) is 1. The first-order chi connectivity index (χ1) is 10.7. The fourth-order valence-electron chi connectivity index (χ4n) is 2.14. The van der Waals surface area contributed by atoms with Crippen LogP contribution in [0.2, 0.25) is 0 Å². The number of benzene rings is 2. The average molecular weight is 313 g/mol. The molecule has 0 aliphatic rings. The molecule has 0 fully saturated rings. The van der Waals surface area contributed by atoms with Crippen molar-refractivity contribution in [3.63, 3.8) is 0 Å². The summed E-state index contributed by atoms with van der Waals surface area (Å²) in [7, 11) is 1.62. The standard InChI is InChI=1S/C18H19NO2S/c1-4-6-13-11-14(9-10-17(13)21-2)18(20)19-15-7-5-8-16(12-15)22-3/h4-5,7-12H,1,6H2,2-3H3,(H,19,20). The van der Waals surface area contributed by atoms with E-state index in [1.165, 1.54) is 0 Å². The highest BCUT2D eigenvalue weighted by atomic mass is 32.2. The average Bonchev–Trinajstić information content (AvgIpc) is 2.55. The number of allylic oxidation sites excluding steroid dienone is 1. The van der Waals surface area contributed by atoms with Gasteiger partial charge in [0.15, 0.2) is 0 Å². The maximum Gasteiger partial charge on any atom is 0.255 e. The molecule has 1 N–H and O–H groups in total. The maximum atomic E-state index is 12.4. The van der Waals surface area contributed by atoms with Gasteiger partial charge in [-0.3, -0.25) is 4.79 Å². The number of nitrogens with one attached hydrogen (secondary N) is 1. The van der Waals surface area contributed by atoms with Gasteiger partial charge in [-0.15, -0.1) is 18.3 Å². The van der Waals surface area contributed by atoms with E-state index in [4.69, 9.17) is 4.74 Å². The van der Waals surface area contributed by atoms with Crippen molar-refractivity contribution < 1.29 is 9.53 Å². The van der Waals surface area contributed by atoms with Gasteiger partial charge in [0.1, 0.15) is 5.75 Å². The van der Waals surface area contributed by atoms with Crippen LogP contribution < -0.4 is 10.1 Å². The first kappa shape index (κ1) is 16.2. The van der Waals surface area contributed by atoms with Crippen molar-refractivity contribution in [1.29, 1.82) is 0 Å². The van der Waals surface area contributed by atoms with E-state index in [1.807, 2.05) is 42.7 Å². The van der Waals surface area contributed by atoms with Crippen LogP contribution in [-0.4, -0.2) is 19.3 Å². The van der Waals surface area contributed by atoms with Crippen LogP contribution in [0, 0.1) is 0 Å². The SMILES string of the molecule is C=CCc1cc(C(=O)Nc2cccc(SC)c2)ccc1OC. The molecule has 2 aromatic carbocycles. The van der Waals surface area contributed by atoms with E-state index in [-0.39, 0.29) is 5.91 Å². The molecule has 0 saturated carbocycles.